The average molecular weight is 252 g/mol. The standard InChI is InChI=1S/C14H24N2O2/c1-11(2)10-17-7-8-18-14-6-5-13(9-16-14)12(3)15-4/h5-6,9,11-12,15H,7-8,10H2,1-4H3. The second kappa shape index (κ2) is 8.06. The summed E-state index contributed by atoms with van der Waals surface area (Å²) in [7, 11) is 1.93. The molecule has 0 aromatic carbocycles. The Morgan fingerprint density at radius 1 is 1.22 bits per heavy atom. The summed E-state index contributed by atoms with van der Waals surface area (Å²) < 4.78 is 10.9. The fourth-order valence-electron chi connectivity index (χ4n) is 1.42. The average Bonchev–Trinajstić information content (AvgIpc) is 2.38. The lowest BCUT2D eigenvalue weighted by atomic mass is 10.1. The number of hydrogen-bond donors (Lipinski definition) is 1. The number of nitrogens with one attached hydrogen (secondary N) is 1. The van der Waals surface area contributed by atoms with Crippen LogP contribution in [0.4, 0.5) is 0 Å². The Kier molecular flexibility index (Phi) is 6.68. The van der Waals surface area contributed by atoms with Gasteiger partial charge < -0.3 is 14.8 Å². The Morgan fingerprint density at radius 2 is 2.00 bits per heavy atom. The summed E-state index contributed by atoms with van der Waals surface area (Å²) in [6.45, 7) is 8.27. The highest BCUT2D eigenvalue weighted by molar-refractivity contribution is 5.20. The molecule has 0 amide bonds. The van der Waals surface area contributed by atoms with E-state index in [4.69, 9.17) is 9.47 Å². The van der Waals surface area contributed by atoms with Crippen LogP contribution in [-0.4, -0.2) is 31.9 Å². The first-order valence-corrected chi connectivity index (χ1v) is 6.47. The first-order chi connectivity index (χ1) is 8.63. The number of aromatic nitrogens is 1. The Hall–Kier alpha value is -1.13. The van der Waals surface area contributed by atoms with Gasteiger partial charge >= 0.3 is 0 Å². The first-order valence-electron chi connectivity index (χ1n) is 6.47. The second-order valence-electron chi connectivity index (χ2n) is 4.76. The van der Waals surface area contributed by atoms with Crippen LogP contribution in [0.15, 0.2) is 18.3 Å². The predicted molar refractivity (Wildman–Crippen MR) is 72.9 cm³/mol. The fourth-order valence-corrected chi connectivity index (χ4v) is 1.42. The second-order valence-corrected chi connectivity index (χ2v) is 4.76. The Labute approximate surface area is 110 Å². The zero-order valence-electron chi connectivity index (χ0n) is 11.8. The monoisotopic (exact) mass is 252 g/mol. The van der Waals surface area contributed by atoms with Gasteiger partial charge in [-0.2, -0.15) is 0 Å². The highest BCUT2D eigenvalue weighted by Gasteiger charge is 2.03. The van der Waals surface area contributed by atoms with Crippen LogP contribution in [0.2, 0.25) is 0 Å². The minimum Gasteiger partial charge on any atom is -0.475 e. The molecule has 4 nitrogen and oxygen atoms in total. The number of pyridine rings is 1. The van der Waals surface area contributed by atoms with Gasteiger partial charge in [0, 0.05) is 24.9 Å². The van der Waals surface area contributed by atoms with Gasteiger partial charge in [0.2, 0.25) is 5.88 Å². The summed E-state index contributed by atoms with van der Waals surface area (Å²) in [5, 5.41) is 3.17. The van der Waals surface area contributed by atoms with Gasteiger partial charge in [0.25, 0.3) is 0 Å². The molecule has 1 unspecified atom stereocenters. The van der Waals surface area contributed by atoms with Gasteiger partial charge in [0.15, 0.2) is 0 Å². The van der Waals surface area contributed by atoms with Gasteiger partial charge in [-0.3, -0.25) is 0 Å². The van der Waals surface area contributed by atoms with Gasteiger partial charge in [-0.25, -0.2) is 4.98 Å². The molecule has 1 aromatic heterocycles. The minimum absolute atomic E-state index is 0.306. The number of rotatable bonds is 8. The molecule has 1 aromatic rings. The van der Waals surface area contributed by atoms with E-state index in [9.17, 15) is 0 Å². The third-order valence-corrected chi connectivity index (χ3v) is 2.62. The van der Waals surface area contributed by atoms with E-state index < -0.39 is 0 Å². The molecule has 0 aliphatic rings. The maximum Gasteiger partial charge on any atom is 0.213 e. The van der Waals surface area contributed by atoms with Crippen LogP contribution in [0.1, 0.15) is 32.4 Å². The quantitative estimate of drug-likeness (QED) is 0.722. The fraction of sp³-hybridized carbons (Fsp3) is 0.643. The van der Waals surface area contributed by atoms with Crippen molar-refractivity contribution in [1.29, 1.82) is 0 Å². The Morgan fingerprint density at radius 3 is 2.56 bits per heavy atom. The normalized spacial score (nSPS) is 12.7. The first kappa shape index (κ1) is 14.9. The lowest BCUT2D eigenvalue weighted by molar-refractivity contribution is 0.0806. The molecule has 102 valence electrons. The number of ether oxygens (including phenoxy) is 2. The molecule has 0 spiro atoms. The molecule has 0 saturated carbocycles. The summed E-state index contributed by atoms with van der Waals surface area (Å²) in [6.07, 6.45) is 1.84. The van der Waals surface area contributed by atoms with E-state index >= 15 is 0 Å². The summed E-state index contributed by atoms with van der Waals surface area (Å²) in [5.74, 6) is 1.21. The summed E-state index contributed by atoms with van der Waals surface area (Å²) in [4.78, 5) is 4.26. The topological polar surface area (TPSA) is 43.4 Å². The maximum absolute atomic E-state index is 5.50. The molecule has 1 rings (SSSR count). The van der Waals surface area contributed by atoms with E-state index in [1.807, 2.05) is 25.4 Å². The molecule has 18 heavy (non-hydrogen) atoms. The van der Waals surface area contributed by atoms with Gasteiger partial charge in [-0.1, -0.05) is 19.9 Å². The molecule has 4 heteroatoms. The molecule has 1 heterocycles. The molecule has 1 N–H and O–H groups in total. The van der Waals surface area contributed by atoms with E-state index in [1.165, 1.54) is 0 Å². The van der Waals surface area contributed by atoms with E-state index in [-0.39, 0.29) is 0 Å². The van der Waals surface area contributed by atoms with Crippen molar-refractivity contribution in [3.63, 3.8) is 0 Å². The van der Waals surface area contributed by atoms with Crippen molar-refractivity contribution in [2.75, 3.05) is 26.9 Å². The number of nitrogens with zero attached hydrogens (tertiary/aromatic N) is 1. The van der Waals surface area contributed by atoms with Gasteiger partial charge in [0.1, 0.15) is 6.61 Å². The lowest BCUT2D eigenvalue weighted by Gasteiger charge is -2.11. The third kappa shape index (κ3) is 5.47. The van der Waals surface area contributed by atoms with E-state index in [0.29, 0.717) is 31.1 Å². The third-order valence-electron chi connectivity index (χ3n) is 2.62. The molecule has 0 bridgehead atoms. The molecule has 0 saturated heterocycles. The van der Waals surface area contributed by atoms with Crippen molar-refractivity contribution in [3.05, 3.63) is 23.9 Å². The van der Waals surface area contributed by atoms with Crippen molar-refractivity contribution >= 4 is 0 Å². The van der Waals surface area contributed by atoms with E-state index in [1.54, 1.807) is 0 Å². The minimum atomic E-state index is 0.306. The van der Waals surface area contributed by atoms with Crippen LogP contribution in [-0.2, 0) is 4.74 Å². The molecular formula is C14H24N2O2. The van der Waals surface area contributed by atoms with E-state index in [0.717, 1.165) is 12.2 Å². The zero-order chi connectivity index (χ0) is 13.4. The lowest BCUT2D eigenvalue weighted by Crippen LogP contribution is -2.13. The van der Waals surface area contributed by atoms with Crippen LogP contribution >= 0.6 is 0 Å². The molecule has 0 radical (unpaired) electrons. The maximum atomic E-state index is 5.50. The molecule has 0 fully saturated rings. The largest absolute Gasteiger partial charge is 0.475 e. The zero-order valence-corrected chi connectivity index (χ0v) is 11.8. The molecular weight excluding hydrogens is 228 g/mol. The van der Waals surface area contributed by atoms with Crippen LogP contribution in [0.5, 0.6) is 5.88 Å². The molecule has 1 atom stereocenters. The predicted octanol–water partition coefficient (Wildman–Crippen LogP) is 2.41. The SMILES string of the molecule is CNC(C)c1ccc(OCCOCC(C)C)nc1. The smallest absolute Gasteiger partial charge is 0.213 e. The van der Waals surface area contributed by atoms with Crippen molar-refractivity contribution in [1.82, 2.24) is 10.3 Å². The van der Waals surface area contributed by atoms with E-state index in [2.05, 4.69) is 31.1 Å². The van der Waals surface area contributed by atoms with Gasteiger partial charge in [-0.15, -0.1) is 0 Å². The Balaban J connectivity index is 2.27. The van der Waals surface area contributed by atoms with Gasteiger partial charge in [0.05, 0.1) is 6.61 Å². The van der Waals surface area contributed by atoms with Crippen LogP contribution in [0.3, 0.4) is 0 Å². The van der Waals surface area contributed by atoms with Gasteiger partial charge in [-0.05, 0) is 25.5 Å². The molecule has 0 aliphatic carbocycles. The van der Waals surface area contributed by atoms with Crippen molar-refractivity contribution in [3.8, 4) is 5.88 Å². The van der Waals surface area contributed by atoms with Crippen molar-refractivity contribution in [2.45, 2.75) is 26.8 Å². The van der Waals surface area contributed by atoms with Crippen LogP contribution < -0.4 is 10.1 Å². The summed E-state index contributed by atoms with van der Waals surface area (Å²) in [5.41, 5.74) is 1.15. The highest BCUT2D eigenvalue weighted by atomic mass is 16.5. The number of hydrogen-bond acceptors (Lipinski definition) is 4. The summed E-state index contributed by atoms with van der Waals surface area (Å²) >= 11 is 0. The van der Waals surface area contributed by atoms with Crippen molar-refractivity contribution in [2.24, 2.45) is 5.92 Å². The Bertz CT molecular complexity index is 325. The highest BCUT2D eigenvalue weighted by Crippen LogP contribution is 2.13. The van der Waals surface area contributed by atoms with Crippen LogP contribution in [0.25, 0.3) is 0 Å². The van der Waals surface area contributed by atoms with Crippen molar-refractivity contribution < 1.29 is 9.47 Å². The van der Waals surface area contributed by atoms with Crippen LogP contribution in [0, 0.1) is 5.92 Å². The summed E-state index contributed by atoms with van der Waals surface area (Å²) in [6, 6.07) is 4.23. The molecule has 0 aliphatic heterocycles.